The molecule has 1 amide bonds. The molecule has 0 aromatic carbocycles. The van der Waals surface area contributed by atoms with Crippen LogP contribution in [0.25, 0.3) is 0 Å². The van der Waals surface area contributed by atoms with Gasteiger partial charge in [-0.25, -0.2) is 9.78 Å². The van der Waals surface area contributed by atoms with Crippen LogP contribution in [0.2, 0.25) is 0 Å². The normalized spacial score (nSPS) is 19.6. The van der Waals surface area contributed by atoms with E-state index >= 15 is 0 Å². The fraction of sp³-hybridized carbons (Fsp3) is 0.733. The number of aromatic nitrogens is 1. The van der Waals surface area contributed by atoms with Crippen molar-refractivity contribution in [3.63, 3.8) is 0 Å². The van der Waals surface area contributed by atoms with E-state index in [1.165, 1.54) is 4.88 Å². The minimum Gasteiger partial charge on any atom is -0.444 e. The van der Waals surface area contributed by atoms with Crippen molar-refractivity contribution in [1.29, 1.82) is 0 Å². The molecule has 5 nitrogen and oxygen atoms in total. The predicted octanol–water partition coefficient (Wildman–Crippen LogP) is 2.94. The van der Waals surface area contributed by atoms with Crippen LogP contribution < -0.4 is 5.32 Å². The molecule has 1 aliphatic heterocycles. The first-order chi connectivity index (χ1) is 9.83. The number of nitrogens with one attached hydrogen (secondary N) is 1. The summed E-state index contributed by atoms with van der Waals surface area (Å²) in [4.78, 5) is 19.5. The summed E-state index contributed by atoms with van der Waals surface area (Å²) in [6, 6.07) is 0.315. The zero-order valence-electron chi connectivity index (χ0n) is 13.3. The van der Waals surface area contributed by atoms with Crippen molar-refractivity contribution in [1.82, 2.24) is 15.2 Å². The first-order valence-corrected chi connectivity index (χ1v) is 8.28. The highest BCUT2D eigenvalue weighted by Crippen LogP contribution is 2.16. The molecule has 0 unspecified atom stereocenters. The second-order valence-electron chi connectivity index (χ2n) is 6.51. The topological polar surface area (TPSA) is 54.5 Å². The minimum absolute atomic E-state index is 0.209. The van der Waals surface area contributed by atoms with Crippen LogP contribution in [0.3, 0.4) is 0 Å². The summed E-state index contributed by atoms with van der Waals surface area (Å²) >= 11 is 1.71. The maximum absolute atomic E-state index is 12.1. The number of piperidine rings is 1. The van der Waals surface area contributed by atoms with Crippen molar-refractivity contribution in [3.05, 3.63) is 16.1 Å². The van der Waals surface area contributed by atoms with E-state index in [4.69, 9.17) is 4.74 Å². The van der Waals surface area contributed by atoms with Gasteiger partial charge in [-0.05, 0) is 40.5 Å². The lowest BCUT2D eigenvalue weighted by atomic mass is 10.1. The number of ether oxygens (including phenoxy) is 1. The monoisotopic (exact) mass is 311 g/mol. The molecule has 1 saturated heterocycles. The highest BCUT2D eigenvalue weighted by Gasteiger charge is 2.27. The van der Waals surface area contributed by atoms with Crippen LogP contribution in [-0.2, 0) is 11.3 Å². The average molecular weight is 311 g/mol. The Kier molecular flexibility index (Phi) is 5.22. The van der Waals surface area contributed by atoms with Gasteiger partial charge in [0.25, 0.3) is 0 Å². The molecule has 0 radical (unpaired) electrons. The summed E-state index contributed by atoms with van der Waals surface area (Å²) in [6.07, 6.45) is 3.78. The Morgan fingerprint density at radius 2 is 2.33 bits per heavy atom. The van der Waals surface area contributed by atoms with Gasteiger partial charge in [-0.1, -0.05) is 0 Å². The van der Waals surface area contributed by atoms with Crippen LogP contribution >= 0.6 is 11.3 Å². The molecule has 0 saturated carbocycles. The first-order valence-electron chi connectivity index (χ1n) is 7.46. The number of aryl methyl sites for hydroxylation is 1. The summed E-state index contributed by atoms with van der Waals surface area (Å²) < 4.78 is 5.44. The summed E-state index contributed by atoms with van der Waals surface area (Å²) in [7, 11) is 0. The second kappa shape index (κ2) is 6.75. The van der Waals surface area contributed by atoms with Gasteiger partial charge in [0.2, 0.25) is 0 Å². The third-order valence-corrected chi connectivity index (χ3v) is 4.20. The Hall–Kier alpha value is -1.14. The molecule has 0 aliphatic carbocycles. The summed E-state index contributed by atoms with van der Waals surface area (Å²) in [6.45, 7) is 10.0. The zero-order chi connectivity index (χ0) is 15.5. The van der Waals surface area contributed by atoms with Crippen molar-refractivity contribution in [2.75, 3.05) is 13.1 Å². The first kappa shape index (κ1) is 16.2. The number of carbonyl (C=O) groups is 1. The molecule has 6 heteroatoms. The van der Waals surface area contributed by atoms with Crippen molar-refractivity contribution in [2.24, 2.45) is 0 Å². The molecule has 0 bridgehead atoms. The van der Waals surface area contributed by atoms with Crippen LogP contribution in [-0.4, -0.2) is 40.7 Å². The number of nitrogens with zero attached hydrogens (tertiary/aromatic N) is 2. The number of amides is 1. The standard InChI is InChI=1S/C15H25N3O2S/c1-11-8-17-13(21-11)9-16-12-6-5-7-18(10-12)14(19)20-15(2,3)4/h8,12,16H,5-7,9-10H2,1-4H3/t12-/m0/s1. The number of thiazole rings is 1. The van der Waals surface area contributed by atoms with E-state index in [1.54, 1.807) is 16.2 Å². The molecular weight excluding hydrogens is 286 g/mol. The molecule has 21 heavy (non-hydrogen) atoms. The molecule has 2 rings (SSSR count). The number of hydrogen-bond acceptors (Lipinski definition) is 5. The fourth-order valence-electron chi connectivity index (χ4n) is 2.35. The highest BCUT2D eigenvalue weighted by atomic mass is 32.1. The lowest BCUT2D eigenvalue weighted by molar-refractivity contribution is 0.0187. The maximum atomic E-state index is 12.1. The van der Waals surface area contributed by atoms with Crippen LogP contribution in [0.1, 0.15) is 43.5 Å². The molecular formula is C15H25N3O2S. The molecule has 1 aromatic heterocycles. The Morgan fingerprint density at radius 3 is 2.95 bits per heavy atom. The van der Waals surface area contributed by atoms with Crippen LogP contribution in [0, 0.1) is 6.92 Å². The fourth-order valence-corrected chi connectivity index (χ4v) is 3.09. The Morgan fingerprint density at radius 1 is 1.57 bits per heavy atom. The van der Waals surface area contributed by atoms with E-state index in [-0.39, 0.29) is 6.09 Å². The molecule has 2 heterocycles. The van der Waals surface area contributed by atoms with E-state index in [9.17, 15) is 4.79 Å². The SMILES string of the molecule is Cc1cnc(CN[C@H]2CCCN(C(=O)OC(C)(C)C)C2)s1. The van der Waals surface area contributed by atoms with Crippen molar-refractivity contribution in [3.8, 4) is 0 Å². The van der Waals surface area contributed by atoms with Crippen LogP contribution in [0.5, 0.6) is 0 Å². The lowest BCUT2D eigenvalue weighted by Gasteiger charge is -2.34. The molecule has 1 atom stereocenters. The van der Waals surface area contributed by atoms with E-state index in [0.717, 1.165) is 30.9 Å². The summed E-state index contributed by atoms with van der Waals surface area (Å²) in [5.74, 6) is 0. The number of hydrogen-bond donors (Lipinski definition) is 1. The molecule has 0 spiro atoms. The van der Waals surface area contributed by atoms with Crippen LogP contribution in [0.4, 0.5) is 4.79 Å². The molecule has 1 fully saturated rings. The van der Waals surface area contributed by atoms with Gasteiger partial charge in [0.1, 0.15) is 10.6 Å². The molecule has 118 valence electrons. The van der Waals surface area contributed by atoms with Gasteiger partial charge in [0, 0.05) is 36.8 Å². The van der Waals surface area contributed by atoms with Gasteiger partial charge < -0.3 is 15.0 Å². The quantitative estimate of drug-likeness (QED) is 0.932. The average Bonchev–Trinajstić information content (AvgIpc) is 2.81. The number of rotatable bonds is 3. The van der Waals surface area contributed by atoms with E-state index in [1.807, 2.05) is 27.0 Å². The number of carbonyl (C=O) groups excluding carboxylic acids is 1. The molecule has 1 aromatic rings. The Balaban J connectivity index is 1.81. The largest absolute Gasteiger partial charge is 0.444 e. The van der Waals surface area contributed by atoms with Crippen molar-refractivity contribution < 1.29 is 9.53 Å². The van der Waals surface area contributed by atoms with Gasteiger partial charge in [-0.15, -0.1) is 11.3 Å². The lowest BCUT2D eigenvalue weighted by Crippen LogP contribution is -2.49. The Bertz CT molecular complexity index is 482. The van der Waals surface area contributed by atoms with E-state index < -0.39 is 5.60 Å². The molecule has 1 aliphatic rings. The van der Waals surface area contributed by atoms with Crippen molar-refractivity contribution in [2.45, 2.75) is 58.7 Å². The van der Waals surface area contributed by atoms with Crippen molar-refractivity contribution >= 4 is 17.4 Å². The van der Waals surface area contributed by atoms with Gasteiger partial charge >= 0.3 is 6.09 Å². The van der Waals surface area contributed by atoms with Crippen LogP contribution in [0.15, 0.2) is 6.20 Å². The van der Waals surface area contributed by atoms with E-state index in [0.29, 0.717) is 12.6 Å². The highest BCUT2D eigenvalue weighted by molar-refractivity contribution is 7.11. The Labute approximate surface area is 130 Å². The summed E-state index contributed by atoms with van der Waals surface area (Å²) in [5.41, 5.74) is -0.435. The van der Waals surface area contributed by atoms with Gasteiger partial charge in [-0.2, -0.15) is 0 Å². The second-order valence-corrected chi connectivity index (χ2v) is 7.83. The third kappa shape index (κ3) is 5.28. The maximum Gasteiger partial charge on any atom is 0.410 e. The third-order valence-electron chi connectivity index (χ3n) is 3.28. The van der Waals surface area contributed by atoms with Gasteiger partial charge in [0.15, 0.2) is 0 Å². The van der Waals surface area contributed by atoms with E-state index in [2.05, 4.69) is 17.2 Å². The smallest absolute Gasteiger partial charge is 0.410 e. The number of likely N-dealkylation sites (tertiary alicyclic amines) is 1. The minimum atomic E-state index is -0.435. The predicted molar refractivity (Wildman–Crippen MR) is 84.5 cm³/mol. The summed E-state index contributed by atoms with van der Waals surface area (Å²) in [5, 5.41) is 4.60. The zero-order valence-corrected chi connectivity index (χ0v) is 14.1. The van der Waals surface area contributed by atoms with Gasteiger partial charge in [0.05, 0.1) is 0 Å². The van der Waals surface area contributed by atoms with Gasteiger partial charge in [-0.3, -0.25) is 0 Å². The molecule has 1 N–H and O–H groups in total.